The van der Waals surface area contributed by atoms with Gasteiger partial charge in [0, 0.05) is 27.9 Å². The molecule has 0 saturated heterocycles. The van der Waals surface area contributed by atoms with Crippen molar-refractivity contribution in [1.82, 2.24) is 10.3 Å². The molecule has 0 spiro atoms. The number of aryl methyl sites for hydroxylation is 3. The first-order chi connectivity index (χ1) is 9.90. The predicted octanol–water partition coefficient (Wildman–Crippen LogP) is 5.18. The lowest BCUT2D eigenvalue weighted by atomic mass is 9.98. The van der Waals surface area contributed by atoms with Crippen LogP contribution in [0.15, 0.2) is 34.8 Å². The zero-order chi connectivity index (χ0) is 15.6. The monoisotopic (exact) mass is 346 g/mol. The zero-order valence-corrected chi connectivity index (χ0v) is 15.0. The topological polar surface area (TPSA) is 24.9 Å². The van der Waals surface area contributed by atoms with E-state index >= 15 is 0 Å². The molecule has 2 nitrogen and oxygen atoms in total. The van der Waals surface area contributed by atoms with Gasteiger partial charge in [0.25, 0.3) is 0 Å². The average molecular weight is 347 g/mol. The fourth-order valence-corrected chi connectivity index (χ4v) is 3.69. The van der Waals surface area contributed by atoms with Crippen molar-refractivity contribution in [3.05, 3.63) is 62.9 Å². The van der Waals surface area contributed by atoms with Gasteiger partial charge in [0.1, 0.15) is 0 Å². The van der Waals surface area contributed by atoms with Crippen LogP contribution in [-0.2, 0) is 0 Å². The largest absolute Gasteiger partial charge is 0.304 e. The molecule has 0 aliphatic rings. The van der Waals surface area contributed by atoms with Crippen molar-refractivity contribution in [1.29, 1.82) is 0 Å². The quantitative estimate of drug-likeness (QED) is 0.824. The van der Waals surface area contributed by atoms with E-state index < -0.39 is 0 Å². The van der Waals surface area contributed by atoms with Crippen molar-refractivity contribution in [2.24, 2.45) is 0 Å². The highest BCUT2D eigenvalue weighted by atomic mass is 79.9. The van der Waals surface area contributed by atoms with Crippen molar-refractivity contribution in [2.75, 3.05) is 0 Å². The summed E-state index contributed by atoms with van der Waals surface area (Å²) in [6.45, 7) is 10.7. The van der Waals surface area contributed by atoms with E-state index in [4.69, 9.17) is 0 Å². The number of aromatic nitrogens is 1. The number of benzene rings is 1. The van der Waals surface area contributed by atoms with Gasteiger partial charge in [-0.1, -0.05) is 34.1 Å². The Labute approximate surface area is 136 Å². The number of halogens is 1. The SMILES string of the molecule is Cc1cc(C)c(C(C)NC(C)c2ccccc2Br)c(C)n1. The Hall–Kier alpha value is -1.19. The molecular formula is C18H23BrN2. The molecule has 0 amide bonds. The molecule has 0 aliphatic heterocycles. The summed E-state index contributed by atoms with van der Waals surface area (Å²) in [5, 5.41) is 3.68. The lowest BCUT2D eigenvalue weighted by Crippen LogP contribution is -2.24. The standard InChI is InChI=1S/C18H23BrN2/c1-11-10-12(2)20-14(4)18(11)15(5)21-13(3)16-8-6-7-9-17(16)19/h6-10,13,15,21H,1-5H3. The third-order valence-corrected chi connectivity index (χ3v) is 4.61. The van der Waals surface area contributed by atoms with Gasteiger partial charge < -0.3 is 5.32 Å². The molecule has 0 saturated carbocycles. The van der Waals surface area contributed by atoms with E-state index in [0.29, 0.717) is 0 Å². The van der Waals surface area contributed by atoms with Crippen LogP contribution in [0, 0.1) is 20.8 Å². The molecule has 1 N–H and O–H groups in total. The van der Waals surface area contributed by atoms with E-state index in [9.17, 15) is 0 Å². The average Bonchev–Trinajstić information content (AvgIpc) is 2.37. The lowest BCUT2D eigenvalue weighted by molar-refractivity contribution is 0.489. The van der Waals surface area contributed by atoms with Crippen LogP contribution in [0.5, 0.6) is 0 Å². The molecule has 0 radical (unpaired) electrons. The number of hydrogen-bond donors (Lipinski definition) is 1. The van der Waals surface area contributed by atoms with E-state index in [1.807, 2.05) is 13.0 Å². The molecule has 112 valence electrons. The Bertz CT molecular complexity index is 614. The second-order valence-corrected chi connectivity index (χ2v) is 6.57. The minimum absolute atomic E-state index is 0.264. The van der Waals surface area contributed by atoms with Crippen molar-refractivity contribution >= 4 is 15.9 Å². The maximum absolute atomic E-state index is 4.60. The van der Waals surface area contributed by atoms with Gasteiger partial charge in [0.2, 0.25) is 0 Å². The molecule has 1 aromatic heterocycles. The van der Waals surface area contributed by atoms with Crippen LogP contribution in [0.3, 0.4) is 0 Å². The summed E-state index contributed by atoms with van der Waals surface area (Å²) in [5.74, 6) is 0. The van der Waals surface area contributed by atoms with Crippen LogP contribution < -0.4 is 5.32 Å². The van der Waals surface area contributed by atoms with Gasteiger partial charge in [-0.2, -0.15) is 0 Å². The van der Waals surface area contributed by atoms with Gasteiger partial charge in [-0.3, -0.25) is 4.98 Å². The maximum atomic E-state index is 4.60. The minimum Gasteiger partial charge on any atom is -0.304 e. The first-order valence-corrected chi connectivity index (χ1v) is 8.14. The summed E-state index contributed by atoms with van der Waals surface area (Å²) in [4.78, 5) is 4.60. The normalized spacial score (nSPS) is 14.0. The van der Waals surface area contributed by atoms with Gasteiger partial charge in [-0.25, -0.2) is 0 Å². The minimum atomic E-state index is 0.264. The molecule has 2 atom stereocenters. The number of pyridine rings is 1. The Morgan fingerprint density at radius 3 is 2.33 bits per heavy atom. The predicted molar refractivity (Wildman–Crippen MR) is 92.6 cm³/mol. The van der Waals surface area contributed by atoms with Gasteiger partial charge >= 0.3 is 0 Å². The lowest BCUT2D eigenvalue weighted by Gasteiger charge is -2.24. The number of nitrogens with one attached hydrogen (secondary N) is 1. The molecule has 2 aromatic rings. The third-order valence-electron chi connectivity index (χ3n) is 3.89. The second kappa shape index (κ2) is 6.71. The summed E-state index contributed by atoms with van der Waals surface area (Å²) >= 11 is 3.63. The van der Waals surface area contributed by atoms with Gasteiger partial charge in [-0.05, 0) is 63.4 Å². The highest BCUT2D eigenvalue weighted by Crippen LogP contribution is 2.27. The molecule has 0 aliphatic carbocycles. The first kappa shape index (κ1) is 16.2. The van der Waals surface area contributed by atoms with Gasteiger partial charge in [-0.15, -0.1) is 0 Å². The molecule has 21 heavy (non-hydrogen) atoms. The Morgan fingerprint density at radius 1 is 1.05 bits per heavy atom. The van der Waals surface area contributed by atoms with Crippen LogP contribution in [0.1, 0.15) is 54.0 Å². The molecule has 1 aromatic carbocycles. The molecule has 2 rings (SSSR count). The van der Waals surface area contributed by atoms with E-state index in [1.165, 1.54) is 16.7 Å². The zero-order valence-electron chi connectivity index (χ0n) is 13.4. The van der Waals surface area contributed by atoms with Crippen LogP contribution in [0.2, 0.25) is 0 Å². The van der Waals surface area contributed by atoms with E-state index in [2.05, 4.69) is 78.2 Å². The Balaban J connectivity index is 2.22. The highest BCUT2D eigenvalue weighted by molar-refractivity contribution is 9.10. The fourth-order valence-electron chi connectivity index (χ4n) is 3.06. The highest BCUT2D eigenvalue weighted by Gasteiger charge is 2.17. The third kappa shape index (κ3) is 3.72. The van der Waals surface area contributed by atoms with Crippen LogP contribution in [0.25, 0.3) is 0 Å². The number of hydrogen-bond acceptors (Lipinski definition) is 2. The Kier molecular flexibility index (Phi) is 5.17. The molecular weight excluding hydrogens is 324 g/mol. The number of rotatable bonds is 4. The first-order valence-electron chi connectivity index (χ1n) is 7.35. The molecule has 1 heterocycles. The van der Waals surface area contributed by atoms with Crippen LogP contribution in [-0.4, -0.2) is 4.98 Å². The smallest absolute Gasteiger partial charge is 0.0426 e. The maximum Gasteiger partial charge on any atom is 0.0426 e. The molecule has 2 unspecified atom stereocenters. The van der Waals surface area contributed by atoms with E-state index in [0.717, 1.165) is 15.9 Å². The van der Waals surface area contributed by atoms with Crippen LogP contribution in [0.4, 0.5) is 0 Å². The van der Waals surface area contributed by atoms with Crippen molar-refractivity contribution in [3.63, 3.8) is 0 Å². The van der Waals surface area contributed by atoms with Crippen molar-refractivity contribution in [2.45, 2.75) is 46.7 Å². The van der Waals surface area contributed by atoms with E-state index in [1.54, 1.807) is 0 Å². The molecule has 0 bridgehead atoms. The second-order valence-electron chi connectivity index (χ2n) is 5.71. The summed E-state index contributed by atoms with van der Waals surface area (Å²) in [5.41, 5.74) is 6.09. The summed E-state index contributed by atoms with van der Waals surface area (Å²) < 4.78 is 1.15. The summed E-state index contributed by atoms with van der Waals surface area (Å²) in [7, 11) is 0. The van der Waals surface area contributed by atoms with E-state index in [-0.39, 0.29) is 12.1 Å². The molecule has 0 fully saturated rings. The molecule has 3 heteroatoms. The summed E-state index contributed by atoms with van der Waals surface area (Å²) in [6, 6.07) is 11.1. The van der Waals surface area contributed by atoms with Gasteiger partial charge in [0.15, 0.2) is 0 Å². The van der Waals surface area contributed by atoms with Crippen LogP contribution >= 0.6 is 15.9 Å². The van der Waals surface area contributed by atoms with Crippen molar-refractivity contribution < 1.29 is 0 Å². The number of nitrogens with zero attached hydrogens (tertiary/aromatic N) is 1. The van der Waals surface area contributed by atoms with Crippen molar-refractivity contribution in [3.8, 4) is 0 Å². The summed E-state index contributed by atoms with van der Waals surface area (Å²) in [6.07, 6.45) is 0. The fraction of sp³-hybridized carbons (Fsp3) is 0.389. The van der Waals surface area contributed by atoms with Gasteiger partial charge in [0.05, 0.1) is 0 Å². The Morgan fingerprint density at radius 2 is 1.71 bits per heavy atom.